The molecular formula is C54H44F3IN6O7S3. The smallest absolute Gasteiger partial charge is 0.448 e. The zero-order valence-corrected chi connectivity index (χ0v) is 43.6. The molecule has 1 fully saturated rings. The number of nitrogens with zero attached hydrogens (tertiary/aromatic N) is 4. The third-order valence-corrected chi connectivity index (χ3v) is 15.4. The van der Waals surface area contributed by atoms with Gasteiger partial charge < -0.3 is 49.3 Å². The Morgan fingerprint density at radius 3 is 1.77 bits per heavy atom. The molecule has 13 nitrogen and oxygen atoms in total. The number of aliphatic carboxylic acids is 1. The summed E-state index contributed by atoms with van der Waals surface area (Å²) in [6, 6.07) is 48.3. The number of thiazole rings is 1. The number of hydrogen-bond donors (Lipinski definition) is 3. The van der Waals surface area contributed by atoms with Gasteiger partial charge >= 0.3 is 18.1 Å². The highest BCUT2D eigenvalue weighted by Crippen LogP contribution is 2.43. The zero-order valence-electron chi connectivity index (χ0n) is 39.0. The molecule has 378 valence electrons. The van der Waals surface area contributed by atoms with E-state index in [4.69, 9.17) is 14.6 Å². The van der Waals surface area contributed by atoms with E-state index in [9.17, 15) is 37.5 Å². The first-order chi connectivity index (χ1) is 35.3. The fraction of sp³-hybridized carbons (Fsp3) is 0.167. The summed E-state index contributed by atoms with van der Waals surface area (Å²) in [7, 11) is 1.21. The number of pyridine rings is 1. The van der Waals surface area contributed by atoms with Crippen LogP contribution in [0.2, 0.25) is 0 Å². The van der Waals surface area contributed by atoms with Crippen LogP contribution in [-0.2, 0) is 46.4 Å². The van der Waals surface area contributed by atoms with Crippen molar-refractivity contribution in [3.8, 4) is 0 Å². The van der Waals surface area contributed by atoms with Crippen molar-refractivity contribution in [3.63, 3.8) is 0 Å². The standard InChI is InChI=1S/C54H43F3N6O7S3.HI/c1-69-50(68)54(39-23-13-5-14-24-39,40-25-15-6-16-26-40)70-61-43(42-33-73-51(58-42)60-53(36-17-7-2-8-18-36,37-19-9-3-10-20-37)38-21-11-4-12-22-38)46(64)59-44-47(65)63-45(49(66)67)35(32-72-48(44)63)31-71-41-27-29-62(30-28-41)34-52(55,56)57;/h2-30,33,44,48H,31-32,34H2,1H3,(H2-,58,59,60,64,66,67);1H/b61-43-;/t44-,48-;/m1./s1. The number of carbonyl (C=O) groups excluding carboxylic acids is 3. The van der Waals surface area contributed by atoms with Crippen LogP contribution in [-0.4, -0.2) is 80.7 Å². The van der Waals surface area contributed by atoms with Gasteiger partial charge in [0.1, 0.15) is 28.3 Å². The summed E-state index contributed by atoms with van der Waals surface area (Å²) in [5.41, 5.74) is 0.0503. The van der Waals surface area contributed by atoms with Crippen molar-refractivity contribution in [2.75, 3.05) is 23.9 Å². The molecule has 5 aromatic carbocycles. The summed E-state index contributed by atoms with van der Waals surface area (Å²) in [6.07, 6.45) is -1.82. The number of carboxylic acids is 1. The number of esters is 1. The first-order valence-electron chi connectivity index (χ1n) is 22.6. The number of benzene rings is 5. The fourth-order valence-corrected chi connectivity index (χ4v) is 11.9. The summed E-state index contributed by atoms with van der Waals surface area (Å²) < 4.78 is 45.1. The van der Waals surface area contributed by atoms with Gasteiger partial charge in [-0.05, 0) is 22.3 Å². The predicted octanol–water partition coefficient (Wildman–Crippen LogP) is 5.77. The molecule has 2 aromatic heterocycles. The van der Waals surface area contributed by atoms with Crippen LogP contribution >= 0.6 is 34.9 Å². The van der Waals surface area contributed by atoms with Gasteiger partial charge in [-0.1, -0.05) is 157 Å². The summed E-state index contributed by atoms with van der Waals surface area (Å²) in [4.78, 5) is 69.1. The van der Waals surface area contributed by atoms with E-state index in [2.05, 4.69) is 15.8 Å². The number of hydrogen-bond acceptors (Lipinski definition) is 12. The maximum atomic E-state index is 14.9. The van der Waals surface area contributed by atoms with Crippen LogP contribution in [0.5, 0.6) is 0 Å². The van der Waals surface area contributed by atoms with Gasteiger partial charge in [-0.15, -0.1) is 34.9 Å². The van der Waals surface area contributed by atoms with Gasteiger partial charge in [-0.2, -0.15) is 17.7 Å². The molecule has 9 rings (SSSR count). The number of carbonyl (C=O) groups is 4. The molecule has 2 amide bonds. The van der Waals surface area contributed by atoms with Crippen LogP contribution < -0.4 is 39.2 Å². The van der Waals surface area contributed by atoms with E-state index in [1.165, 1.54) is 66.5 Å². The van der Waals surface area contributed by atoms with E-state index < -0.39 is 64.7 Å². The summed E-state index contributed by atoms with van der Waals surface area (Å²) in [6.45, 7) is -1.16. The van der Waals surface area contributed by atoms with Crippen molar-refractivity contribution in [1.29, 1.82) is 0 Å². The number of β-lactam (4-membered cyclic amide) rings is 1. The average Bonchev–Trinajstić information content (AvgIpc) is 3.88. The third kappa shape index (κ3) is 10.9. The number of nitrogens with one attached hydrogen (secondary N) is 2. The molecular weight excluding hydrogens is 1120 g/mol. The minimum atomic E-state index is -4.40. The largest absolute Gasteiger partial charge is 1.00 e. The van der Waals surface area contributed by atoms with Crippen LogP contribution in [0.15, 0.2) is 203 Å². The number of ether oxygens (including phenoxy) is 1. The molecule has 20 heteroatoms. The second-order valence-corrected chi connectivity index (χ2v) is 19.7. The first kappa shape index (κ1) is 53.3. The Morgan fingerprint density at radius 2 is 1.30 bits per heavy atom. The molecule has 0 spiro atoms. The molecule has 2 atom stereocenters. The summed E-state index contributed by atoms with van der Waals surface area (Å²) >= 11 is 3.64. The minimum absolute atomic E-state index is 0. The molecule has 1 saturated heterocycles. The molecule has 0 aliphatic carbocycles. The highest BCUT2D eigenvalue weighted by Gasteiger charge is 2.55. The van der Waals surface area contributed by atoms with Crippen molar-refractivity contribution >= 4 is 69.5 Å². The van der Waals surface area contributed by atoms with Gasteiger partial charge in [0, 0.05) is 45.0 Å². The van der Waals surface area contributed by atoms with E-state index >= 15 is 0 Å². The number of thioether (sulfide) groups is 2. The number of alkyl halides is 3. The quantitative estimate of drug-likeness (QED) is 0.0140. The monoisotopic (exact) mass is 1170 g/mol. The van der Waals surface area contributed by atoms with Crippen LogP contribution in [0.4, 0.5) is 18.3 Å². The number of fused-ring (bicyclic) bond motifs is 1. The SMILES string of the molecule is COC(=O)C(O/N=C(\C(=O)N[C@@H]1C(=O)N2C(C(=O)O)=C(CSc3cc[n+](CC(F)(F)F)cc3)CS[C@H]12)c1csc(NC(c2ccccc2)(c2ccccc2)c2ccccc2)n1)(c1ccccc1)c1ccccc1.[I-]. The van der Waals surface area contributed by atoms with Crippen molar-refractivity contribution in [1.82, 2.24) is 15.2 Å². The lowest BCUT2D eigenvalue weighted by atomic mass is 9.77. The summed E-state index contributed by atoms with van der Waals surface area (Å²) in [5, 5.41) is 22.5. The Bertz CT molecular complexity index is 3040. The molecule has 2 aliphatic rings. The number of oxime groups is 1. The number of rotatable bonds is 18. The maximum Gasteiger partial charge on any atom is 0.448 e. The topological polar surface area (TPSA) is 163 Å². The van der Waals surface area contributed by atoms with Crippen LogP contribution in [0, 0.1) is 0 Å². The average molecular weight is 1170 g/mol. The molecule has 0 saturated carbocycles. The van der Waals surface area contributed by atoms with Crippen molar-refractivity contribution in [2.24, 2.45) is 5.16 Å². The zero-order chi connectivity index (χ0) is 51.2. The fourth-order valence-electron chi connectivity index (χ4n) is 8.76. The number of methoxy groups -OCH3 is 1. The van der Waals surface area contributed by atoms with Gasteiger partial charge in [0.2, 0.25) is 6.54 Å². The number of anilines is 1. The van der Waals surface area contributed by atoms with Crippen LogP contribution in [0.1, 0.15) is 33.5 Å². The Hall–Kier alpha value is -7.01. The first-order valence-corrected chi connectivity index (χ1v) is 25.5. The number of halogens is 4. The maximum absolute atomic E-state index is 14.9. The minimum Gasteiger partial charge on any atom is -1.00 e. The molecule has 0 unspecified atom stereocenters. The summed E-state index contributed by atoms with van der Waals surface area (Å²) in [5.74, 6) is -3.52. The number of aromatic nitrogens is 2. The normalized spacial score (nSPS) is 15.8. The molecule has 2 aliphatic heterocycles. The highest BCUT2D eigenvalue weighted by atomic mass is 127. The van der Waals surface area contributed by atoms with Crippen molar-refractivity contribution in [3.05, 3.63) is 226 Å². The molecule has 0 bridgehead atoms. The van der Waals surface area contributed by atoms with Gasteiger partial charge in [0.05, 0.1) is 7.11 Å². The molecule has 3 N–H and O–H groups in total. The Labute approximate surface area is 452 Å². The molecule has 7 aromatic rings. The van der Waals surface area contributed by atoms with Gasteiger partial charge in [0.15, 0.2) is 23.2 Å². The van der Waals surface area contributed by atoms with Crippen molar-refractivity contribution < 1.29 is 75.6 Å². The number of carboxylic acid groups (broad SMARTS) is 1. The Balaban J connectivity index is 0.00000729. The van der Waals surface area contributed by atoms with E-state index in [0.717, 1.165) is 26.2 Å². The number of amides is 2. The Kier molecular flexibility index (Phi) is 16.6. The molecule has 74 heavy (non-hydrogen) atoms. The predicted molar refractivity (Wildman–Crippen MR) is 271 cm³/mol. The highest BCUT2D eigenvalue weighted by molar-refractivity contribution is 8.01. The van der Waals surface area contributed by atoms with Crippen LogP contribution in [0.3, 0.4) is 0 Å². The van der Waals surface area contributed by atoms with E-state index in [1.807, 2.05) is 91.0 Å². The van der Waals surface area contributed by atoms with E-state index in [-0.39, 0.29) is 46.9 Å². The molecule has 0 radical (unpaired) electrons. The van der Waals surface area contributed by atoms with Crippen LogP contribution in [0.25, 0.3) is 0 Å². The second-order valence-electron chi connectivity index (χ2n) is 16.7. The Morgan fingerprint density at radius 1 is 0.797 bits per heavy atom. The lowest BCUT2D eigenvalue weighted by Crippen LogP contribution is -3.00. The van der Waals surface area contributed by atoms with Crippen molar-refractivity contribution in [2.45, 2.75) is 40.2 Å². The van der Waals surface area contributed by atoms with Gasteiger partial charge in [-0.25, -0.2) is 14.6 Å². The lowest BCUT2D eigenvalue weighted by molar-refractivity contribution is -0.719. The second kappa shape index (κ2) is 23.0. The lowest BCUT2D eigenvalue weighted by Gasteiger charge is -2.49. The van der Waals surface area contributed by atoms with Gasteiger partial charge in [0.25, 0.3) is 17.4 Å². The van der Waals surface area contributed by atoms with E-state index in [1.54, 1.807) is 66.0 Å². The third-order valence-electron chi connectivity index (χ3n) is 12.2. The van der Waals surface area contributed by atoms with Gasteiger partial charge in [-0.3, -0.25) is 14.5 Å². The molecule has 4 heterocycles. The van der Waals surface area contributed by atoms with E-state index in [0.29, 0.717) is 26.7 Å².